The molecule has 0 radical (unpaired) electrons. The van der Waals surface area contributed by atoms with Gasteiger partial charge in [0.05, 0.1) is 19.5 Å². The summed E-state index contributed by atoms with van der Waals surface area (Å²) >= 11 is 0. The van der Waals surface area contributed by atoms with Crippen molar-refractivity contribution >= 4 is 0 Å². The maximum Gasteiger partial charge on any atom is 0.195 e. The Hall–Kier alpha value is -0.800. The third-order valence-corrected chi connectivity index (χ3v) is 2.09. The molecule has 12 heavy (non-hydrogen) atoms. The molecule has 1 aliphatic heterocycles. The first kappa shape index (κ1) is 7.83. The lowest BCUT2D eigenvalue weighted by molar-refractivity contribution is -0.150. The minimum absolute atomic E-state index is 0.586. The standard InChI is InChI=1S/C9H12O3/c1-7-5-8(6-10-7)9(2)11-3-4-12-9/h5-6H,3-4H2,1-2H3. The lowest BCUT2D eigenvalue weighted by Gasteiger charge is -2.19. The first-order valence-corrected chi connectivity index (χ1v) is 4.04. The van der Waals surface area contributed by atoms with Gasteiger partial charge in [-0.25, -0.2) is 0 Å². The van der Waals surface area contributed by atoms with Crippen molar-refractivity contribution in [3.8, 4) is 0 Å². The van der Waals surface area contributed by atoms with Gasteiger partial charge in [0.1, 0.15) is 5.76 Å². The molecule has 1 saturated heterocycles. The fourth-order valence-corrected chi connectivity index (χ4v) is 1.36. The molecular formula is C9H12O3. The van der Waals surface area contributed by atoms with Gasteiger partial charge in [-0.15, -0.1) is 0 Å². The molecule has 0 aromatic carbocycles. The molecule has 0 aliphatic carbocycles. The van der Waals surface area contributed by atoms with Gasteiger partial charge in [-0.1, -0.05) is 0 Å². The molecule has 0 atom stereocenters. The van der Waals surface area contributed by atoms with Gasteiger partial charge in [-0.3, -0.25) is 0 Å². The summed E-state index contributed by atoms with van der Waals surface area (Å²) in [7, 11) is 0. The van der Waals surface area contributed by atoms with Crippen molar-refractivity contribution in [2.75, 3.05) is 13.2 Å². The average Bonchev–Trinajstić information content (AvgIpc) is 2.59. The van der Waals surface area contributed by atoms with E-state index >= 15 is 0 Å². The lowest BCUT2D eigenvalue weighted by Crippen LogP contribution is -2.21. The van der Waals surface area contributed by atoms with Crippen LogP contribution in [0.2, 0.25) is 0 Å². The molecule has 0 saturated carbocycles. The van der Waals surface area contributed by atoms with Crippen molar-refractivity contribution in [1.82, 2.24) is 0 Å². The van der Waals surface area contributed by atoms with Crippen LogP contribution in [0.3, 0.4) is 0 Å². The Labute approximate surface area is 71.3 Å². The monoisotopic (exact) mass is 168 g/mol. The first-order chi connectivity index (χ1) is 5.71. The summed E-state index contributed by atoms with van der Waals surface area (Å²) in [5, 5.41) is 0. The van der Waals surface area contributed by atoms with Gasteiger partial charge in [-0.05, 0) is 19.9 Å². The summed E-state index contributed by atoms with van der Waals surface area (Å²) in [6, 6.07) is 1.94. The second-order valence-electron chi connectivity index (χ2n) is 3.09. The Kier molecular flexibility index (Phi) is 1.70. The van der Waals surface area contributed by atoms with E-state index in [4.69, 9.17) is 13.9 Å². The molecule has 66 valence electrons. The quantitative estimate of drug-likeness (QED) is 0.640. The fraction of sp³-hybridized carbons (Fsp3) is 0.556. The maximum atomic E-state index is 5.46. The summed E-state index contributed by atoms with van der Waals surface area (Å²) in [6.07, 6.45) is 1.68. The lowest BCUT2D eigenvalue weighted by atomic mass is 10.1. The molecule has 0 N–H and O–H groups in total. The number of ether oxygens (including phenoxy) is 2. The first-order valence-electron chi connectivity index (χ1n) is 4.04. The number of rotatable bonds is 1. The van der Waals surface area contributed by atoms with Crippen LogP contribution in [0.1, 0.15) is 18.2 Å². The molecule has 3 nitrogen and oxygen atoms in total. The second kappa shape index (κ2) is 2.61. The van der Waals surface area contributed by atoms with Crippen molar-refractivity contribution in [2.24, 2.45) is 0 Å². The zero-order valence-corrected chi connectivity index (χ0v) is 7.29. The molecule has 0 bridgehead atoms. The SMILES string of the molecule is Cc1cc(C2(C)OCCO2)co1. The molecule has 1 aromatic heterocycles. The van der Waals surface area contributed by atoms with Gasteiger partial charge in [0.15, 0.2) is 5.79 Å². The number of aryl methyl sites for hydroxylation is 1. The second-order valence-corrected chi connectivity index (χ2v) is 3.09. The minimum atomic E-state index is -0.586. The maximum absolute atomic E-state index is 5.46. The molecule has 1 fully saturated rings. The van der Waals surface area contributed by atoms with Crippen molar-refractivity contribution in [3.05, 3.63) is 23.7 Å². The van der Waals surface area contributed by atoms with E-state index in [9.17, 15) is 0 Å². The Morgan fingerprint density at radius 3 is 2.50 bits per heavy atom. The summed E-state index contributed by atoms with van der Waals surface area (Å²) in [5.74, 6) is 0.294. The summed E-state index contributed by atoms with van der Waals surface area (Å²) in [5.41, 5.74) is 0.956. The molecule has 0 spiro atoms. The van der Waals surface area contributed by atoms with Crippen LogP contribution in [0.5, 0.6) is 0 Å². The zero-order valence-electron chi connectivity index (χ0n) is 7.29. The summed E-state index contributed by atoms with van der Waals surface area (Å²) in [6.45, 7) is 5.12. The summed E-state index contributed by atoms with van der Waals surface area (Å²) in [4.78, 5) is 0. The highest BCUT2D eigenvalue weighted by Crippen LogP contribution is 2.31. The van der Waals surface area contributed by atoms with Gasteiger partial charge in [0.25, 0.3) is 0 Å². The third-order valence-electron chi connectivity index (χ3n) is 2.09. The molecular weight excluding hydrogens is 156 g/mol. The summed E-state index contributed by atoms with van der Waals surface area (Å²) < 4.78 is 16.1. The molecule has 0 unspecified atom stereocenters. The van der Waals surface area contributed by atoms with Gasteiger partial charge >= 0.3 is 0 Å². The Morgan fingerprint density at radius 2 is 2.00 bits per heavy atom. The van der Waals surface area contributed by atoms with E-state index in [1.54, 1.807) is 6.26 Å². The van der Waals surface area contributed by atoms with Gasteiger partial charge in [-0.2, -0.15) is 0 Å². The molecule has 1 aliphatic rings. The molecule has 3 heteroatoms. The molecule has 1 aromatic rings. The van der Waals surface area contributed by atoms with E-state index < -0.39 is 5.79 Å². The highest BCUT2D eigenvalue weighted by atomic mass is 16.7. The van der Waals surface area contributed by atoms with Crippen LogP contribution in [0.15, 0.2) is 16.7 Å². The molecule has 0 amide bonds. The Balaban J connectivity index is 2.28. The third kappa shape index (κ3) is 1.15. The van der Waals surface area contributed by atoms with E-state index in [0.717, 1.165) is 11.3 Å². The Bertz CT molecular complexity index is 271. The predicted octanol–water partition coefficient (Wildman–Crippen LogP) is 1.81. The van der Waals surface area contributed by atoms with E-state index in [0.29, 0.717) is 13.2 Å². The largest absolute Gasteiger partial charge is 0.469 e. The average molecular weight is 168 g/mol. The van der Waals surface area contributed by atoms with E-state index in [1.807, 2.05) is 19.9 Å². The Morgan fingerprint density at radius 1 is 1.33 bits per heavy atom. The van der Waals surface area contributed by atoms with Crippen molar-refractivity contribution in [1.29, 1.82) is 0 Å². The van der Waals surface area contributed by atoms with Crippen LogP contribution >= 0.6 is 0 Å². The molecule has 2 rings (SSSR count). The zero-order chi connectivity index (χ0) is 8.60. The van der Waals surface area contributed by atoms with Gasteiger partial charge < -0.3 is 13.9 Å². The number of hydrogen-bond acceptors (Lipinski definition) is 3. The van der Waals surface area contributed by atoms with Crippen molar-refractivity contribution in [2.45, 2.75) is 19.6 Å². The highest BCUT2D eigenvalue weighted by molar-refractivity contribution is 5.17. The van der Waals surface area contributed by atoms with Crippen molar-refractivity contribution < 1.29 is 13.9 Å². The van der Waals surface area contributed by atoms with Crippen LogP contribution in [-0.4, -0.2) is 13.2 Å². The van der Waals surface area contributed by atoms with Gasteiger partial charge in [0, 0.05) is 5.56 Å². The van der Waals surface area contributed by atoms with Crippen LogP contribution in [-0.2, 0) is 15.3 Å². The van der Waals surface area contributed by atoms with E-state index in [2.05, 4.69) is 0 Å². The number of furan rings is 1. The van der Waals surface area contributed by atoms with Crippen LogP contribution in [0.25, 0.3) is 0 Å². The van der Waals surface area contributed by atoms with Crippen LogP contribution < -0.4 is 0 Å². The van der Waals surface area contributed by atoms with Crippen LogP contribution in [0.4, 0.5) is 0 Å². The van der Waals surface area contributed by atoms with Crippen molar-refractivity contribution in [3.63, 3.8) is 0 Å². The topological polar surface area (TPSA) is 31.6 Å². The van der Waals surface area contributed by atoms with E-state index in [-0.39, 0.29) is 0 Å². The van der Waals surface area contributed by atoms with Crippen LogP contribution in [0, 0.1) is 6.92 Å². The molecule has 2 heterocycles. The van der Waals surface area contributed by atoms with E-state index in [1.165, 1.54) is 0 Å². The van der Waals surface area contributed by atoms with Gasteiger partial charge in [0.2, 0.25) is 0 Å². The fourth-order valence-electron chi connectivity index (χ4n) is 1.36. The minimum Gasteiger partial charge on any atom is -0.469 e. The highest BCUT2D eigenvalue weighted by Gasteiger charge is 2.34. The smallest absolute Gasteiger partial charge is 0.195 e. The normalized spacial score (nSPS) is 21.5. The number of hydrogen-bond donors (Lipinski definition) is 0. The predicted molar refractivity (Wildman–Crippen MR) is 42.7 cm³/mol.